The van der Waals surface area contributed by atoms with Gasteiger partial charge in [0.2, 0.25) is 0 Å². The second-order valence-electron chi connectivity index (χ2n) is 5.17. The zero-order valence-corrected chi connectivity index (χ0v) is 12.3. The zero-order valence-electron chi connectivity index (χ0n) is 11.4. The Morgan fingerprint density at radius 1 is 1.43 bits per heavy atom. The van der Waals surface area contributed by atoms with Gasteiger partial charge < -0.3 is 5.11 Å². The Hall–Kier alpha value is -1.76. The van der Waals surface area contributed by atoms with Crippen molar-refractivity contribution in [2.75, 3.05) is 13.2 Å². The minimum absolute atomic E-state index is 0.0334. The molecule has 0 saturated heterocycles. The Kier molecular flexibility index (Phi) is 4.01. The molecule has 1 N–H and O–H groups in total. The summed E-state index contributed by atoms with van der Waals surface area (Å²) >= 11 is 1.15. The lowest BCUT2D eigenvalue weighted by molar-refractivity contribution is -0.380. The summed E-state index contributed by atoms with van der Waals surface area (Å²) in [6.45, 7) is 1.54. The van der Waals surface area contributed by atoms with Gasteiger partial charge in [-0.1, -0.05) is 35.6 Å². The van der Waals surface area contributed by atoms with Crippen molar-refractivity contribution < 1.29 is 10.0 Å². The normalized spacial score (nSPS) is 18.4. The highest BCUT2D eigenvalue weighted by atomic mass is 32.1. The number of nitrogens with zero attached hydrogens (tertiary/aromatic N) is 2. The molecule has 0 amide bonds. The number of rotatable bonds is 4. The molecular formula is C15H16N2O3S. The van der Waals surface area contributed by atoms with Crippen molar-refractivity contribution in [3.05, 3.63) is 62.5 Å². The van der Waals surface area contributed by atoms with Gasteiger partial charge in [0, 0.05) is 24.5 Å². The van der Waals surface area contributed by atoms with Crippen molar-refractivity contribution in [3.8, 4) is 0 Å². The topological polar surface area (TPSA) is 66.6 Å². The van der Waals surface area contributed by atoms with Crippen LogP contribution in [0.4, 0.5) is 5.00 Å². The first-order chi connectivity index (χ1) is 10.2. The van der Waals surface area contributed by atoms with Gasteiger partial charge >= 0.3 is 5.00 Å². The lowest BCUT2D eigenvalue weighted by Gasteiger charge is -2.36. The lowest BCUT2D eigenvalue weighted by atomic mass is 9.93. The predicted octanol–water partition coefficient (Wildman–Crippen LogP) is 2.75. The monoisotopic (exact) mass is 304 g/mol. The Balaban J connectivity index is 1.81. The molecule has 2 heterocycles. The van der Waals surface area contributed by atoms with Gasteiger partial charge in [-0.2, -0.15) is 0 Å². The molecule has 1 aromatic heterocycles. The summed E-state index contributed by atoms with van der Waals surface area (Å²) in [6, 6.07) is 9.75. The summed E-state index contributed by atoms with van der Waals surface area (Å²) in [4.78, 5) is 12.6. The van der Waals surface area contributed by atoms with E-state index in [4.69, 9.17) is 0 Å². The molecule has 0 fully saturated rings. The van der Waals surface area contributed by atoms with Crippen LogP contribution in [-0.4, -0.2) is 28.1 Å². The van der Waals surface area contributed by atoms with Crippen LogP contribution < -0.4 is 0 Å². The first-order valence-corrected chi connectivity index (χ1v) is 7.71. The lowest BCUT2D eigenvalue weighted by Crippen LogP contribution is -2.36. The third-order valence-electron chi connectivity index (χ3n) is 3.90. The van der Waals surface area contributed by atoms with Crippen LogP contribution in [0, 0.1) is 10.1 Å². The molecule has 110 valence electrons. The van der Waals surface area contributed by atoms with E-state index in [1.807, 2.05) is 17.5 Å². The summed E-state index contributed by atoms with van der Waals surface area (Å²) in [7, 11) is 0. The molecule has 1 aliphatic rings. The van der Waals surface area contributed by atoms with Crippen molar-refractivity contribution in [3.63, 3.8) is 0 Å². The molecule has 0 spiro atoms. The number of nitro groups is 1. The molecular weight excluding hydrogens is 288 g/mol. The predicted molar refractivity (Wildman–Crippen MR) is 81.4 cm³/mol. The third kappa shape index (κ3) is 2.83. The minimum atomic E-state index is -0.358. The average molecular weight is 304 g/mol. The molecule has 1 aliphatic heterocycles. The fourth-order valence-corrected chi connectivity index (χ4v) is 3.60. The van der Waals surface area contributed by atoms with E-state index in [2.05, 4.69) is 17.0 Å². The van der Waals surface area contributed by atoms with Gasteiger partial charge in [0.1, 0.15) is 0 Å². The van der Waals surface area contributed by atoms with Crippen LogP contribution in [0.3, 0.4) is 0 Å². The molecule has 6 heteroatoms. The number of thiophene rings is 1. The first-order valence-electron chi connectivity index (χ1n) is 6.83. The molecule has 1 atom stereocenters. The van der Waals surface area contributed by atoms with Gasteiger partial charge in [-0.15, -0.1) is 0 Å². The quantitative estimate of drug-likeness (QED) is 0.696. The molecule has 1 unspecified atom stereocenters. The van der Waals surface area contributed by atoms with Crippen LogP contribution in [0.15, 0.2) is 35.7 Å². The van der Waals surface area contributed by atoms with E-state index in [1.54, 1.807) is 6.07 Å². The van der Waals surface area contributed by atoms with E-state index < -0.39 is 0 Å². The maximum absolute atomic E-state index is 10.8. The molecule has 5 nitrogen and oxygen atoms in total. The van der Waals surface area contributed by atoms with Crippen molar-refractivity contribution in [1.29, 1.82) is 0 Å². The molecule has 21 heavy (non-hydrogen) atoms. The summed E-state index contributed by atoms with van der Waals surface area (Å²) < 4.78 is 0. The SMILES string of the molecule is O=[N+]([O-])c1cc(CN2CCc3ccccc3C2CO)cs1. The van der Waals surface area contributed by atoms with Crippen LogP contribution in [0.1, 0.15) is 22.7 Å². The number of hydrogen-bond donors (Lipinski definition) is 1. The second-order valence-corrected chi connectivity index (χ2v) is 6.06. The summed E-state index contributed by atoms with van der Waals surface area (Å²) in [5.41, 5.74) is 3.38. The maximum atomic E-state index is 10.8. The van der Waals surface area contributed by atoms with Crippen LogP contribution >= 0.6 is 11.3 Å². The summed E-state index contributed by atoms with van der Waals surface area (Å²) in [5, 5.41) is 22.5. The van der Waals surface area contributed by atoms with E-state index in [0.29, 0.717) is 6.54 Å². The van der Waals surface area contributed by atoms with Crippen molar-refractivity contribution in [2.24, 2.45) is 0 Å². The molecule has 0 aliphatic carbocycles. The zero-order chi connectivity index (χ0) is 14.8. The second kappa shape index (κ2) is 5.93. The number of aliphatic hydroxyl groups excluding tert-OH is 1. The van der Waals surface area contributed by atoms with Gasteiger partial charge in [0.25, 0.3) is 0 Å². The molecule has 2 aromatic rings. The molecule has 1 aromatic carbocycles. The van der Waals surface area contributed by atoms with Gasteiger partial charge in [0.15, 0.2) is 0 Å². The van der Waals surface area contributed by atoms with Crippen molar-refractivity contribution in [2.45, 2.75) is 19.0 Å². The van der Waals surface area contributed by atoms with E-state index in [-0.39, 0.29) is 22.6 Å². The standard InChI is InChI=1S/C15H16N2O3S/c18-9-14-13-4-2-1-3-12(13)5-6-16(14)8-11-7-15(17(19)20)21-10-11/h1-4,7,10,14,18H,5-6,8-9H2. The Morgan fingerprint density at radius 3 is 2.95 bits per heavy atom. The van der Waals surface area contributed by atoms with Crippen LogP contribution in [0.2, 0.25) is 0 Å². The molecule has 0 radical (unpaired) electrons. The molecule has 3 rings (SSSR count). The van der Waals surface area contributed by atoms with Crippen molar-refractivity contribution in [1.82, 2.24) is 4.90 Å². The van der Waals surface area contributed by atoms with Crippen LogP contribution in [-0.2, 0) is 13.0 Å². The van der Waals surface area contributed by atoms with E-state index in [1.165, 1.54) is 5.56 Å². The highest BCUT2D eigenvalue weighted by molar-refractivity contribution is 7.13. The fourth-order valence-electron chi connectivity index (χ4n) is 2.88. The number of aliphatic hydroxyl groups is 1. The van der Waals surface area contributed by atoms with Crippen LogP contribution in [0.5, 0.6) is 0 Å². The van der Waals surface area contributed by atoms with Crippen molar-refractivity contribution >= 4 is 16.3 Å². The smallest absolute Gasteiger partial charge is 0.324 e. The maximum Gasteiger partial charge on any atom is 0.324 e. The molecule has 0 saturated carbocycles. The Morgan fingerprint density at radius 2 is 2.24 bits per heavy atom. The van der Waals surface area contributed by atoms with Gasteiger partial charge in [-0.05, 0) is 23.1 Å². The minimum Gasteiger partial charge on any atom is -0.394 e. The fraction of sp³-hybridized carbons (Fsp3) is 0.333. The number of fused-ring (bicyclic) bond motifs is 1. The number of benzene rings is 1. The van der Waals surface area contributed by atoms with Crippen LogP contribution in [0.25, 0.3) is 0 Å². The van der Waals surface area contributed by atoms with E-state index in [9.17, 15) is 15.2 Å². The van der Waals surface area contributed by atoms with Gasteiger partial charge in [0.05, 0.1) is 17.6 Å². The highest BCUT2D eigenvalue weighted by Gasteiger charge is 2.27. The molecule has 0 bridgehead atoms. The Bertz CT molecular complexity index is 656. The summed E-state index contributed by atoms with van der Waals surface area (Å²) in [5.74, 6) is 0. The average Bonchev–Trinajstić information content (AvgIpc) is 2.96. The highest BCUT2D eigenvalue weighted by Crippen LogP contribution is 2.32. The number of hydrogen-bond acceptors (Lipinski definition) is 5. The van der Waals surface area contributed by atoms with Gasteiger partial charge in [-0.25, -0.2) is 0 Å². The first kappa shape index (κ1) is 14.2. The van der Waals surface area contributed by atoms with E-state index >= 15 is 0 Å². The Labute approximate surface area is 126 Å². The third-order valence-corrected chi connectivity index (χ3v) is 4.83. The van der Waals surface area contributed by atoms with E-state index in [0.717, 1.165) is 35.4 Å². The summed E-state index contributed by atoms with van der Waals surface area (Å²) in [6.07, 6.45) is 0.943. The largest absolute Gasteiger partial charge is 0.394 e. The van der Waals surface area contributed by atoms with Gasteiger partial charge in [-0.3, -0.25) is 15.0 Å².